The van der Waals surface area contributed by atoms with Crippen molar-refractivity contribution in [3.63, 3.8) is 0 Å². The fourth-order valence-electron chi connectivity index (χ4n) is 1.21. The van der Waals surface area contributed by atoms with Gasteiger partial charge in [-0.15, -0.1) is 0 Å². The van der Waals surface area contributed by atoms with E-state index < -0.39 is 0 Å². The Kier molecular flexibility index (Phi) is 3.50. The second-order valence-electron chi connectivity index (χ2n) is 3.64. The van der Waals surface area contributed by atoms with Gasteiger partial charge < -0.3 is 10.2 Å². The van der Waals surface area contributed by atoms with Gasteiger partial charge in [0.1, 0.15) is 11.5 Å². The van der Waals surface area contributed by atoms with Gasteiger partial charge in [0.2, 0.25) is 0 Å². The van der Waals surface area contributed by atoms with Crippen LogP contribution in [0.15, 0.2) is 23.8 Å². The van der Waals surface area contributed by atoms with E-state index in [2.05, 4.69) is 0 Å². The summed E-state index contributed by atoms with van der Waals surface area (Å²) in [7, 11) is 0. The fraction of sp³-hybridized carbons (Fsp3) is 0.250. The van der Waals surface area contributed by atoms with Crippen molar-refractivity contribution >= 4 is 6.29 Å². The average Bonchev–Trinajstić information content (AvgIpc) is 2.16. The number of hydrogen-bond donors (Lipinski definition) is 2. The molecule has 0 aliphatic rings. The minimum absolute atomic E-state index is 0.00981. The molecule has 0 radical (unpaired) electrons. The monoisotopic (exact) mass is 206 g/mol. The van der Waals surface area contributed by atoms with Crippen molar-refractivity contribution in [3.8, 4) is 11.5 Å². The van der Waals surface area contributed by atoms with Crippen molar-refractivity contribution in [3.05, 3.63) is 34.9 Å². The largest absolute Gasteiger partial charge is 0.508 e. The smallest absolute Gasteiger partial charge is 0.153 e. The second kappa shape index (κ2) is 4.64. The van der Waals surface area contributed by atoms with Gasteiger partial charge in [-0.05, 0) is 31.9 Å². The summed E-state index contributed by atoms with van der Waals surface area (Å²) in [5, 5.41) is 18.8. The van der Waals surface area contributed by atoms with Crippen molar-refractivity contribution in [1.29, 1.82) is 0 Å². The highest BCUT2D eigenvalue weighted by Gasteiger charge is 2.06. The third-order valence-corrected chi connectivity index (χ3v) is 2.09. The Morgan fingerprint density at radius 2 is 1.93 bits per heavy atom. The lowest BCUT2D eigenvalue weighted by atomic mass is 10.1. The number of rotatable bonds is 3. The molecule has 2 N–H and O–H groups in total. The Balaban J connectivity index is 3.07. The minimum atomic E-state index is -0.191. The summed E-state index contributed by atoms with van der Waals surface area (Å²) in [5.41, 5.74) is 1.97. The van der Waals surface area contributed by atoms with Gasteiger partial charge in [-0.3, -0.25) is 4.79 Å². The zero-order valence-electron chi connectivity index (χ0n) is 8.82. The summed E-state index contributed by atoms with van der Waals surface area (Å²) in [6.45, 7) is 3.91. The summed E-state index contributed by atoms with van der Waals surface area (Å²) in [6, 6.07) is 2.69. The van der Waals surface area contributed by atoms with Crippen LogP contribution in [0.5, 0.6) is 11.5 Å². The molecule has 0 heterocycles. The Labute approximate surface area is 88.7 Å². The lowest BCUT2D eigenvalue weighted by Gasteiger charge is -2.05. The van der Waals surface area contributed by atoms with Gasteiger partial charge in [-0.1, -0.05) is 11.6 Å². The number of phenolic OH excluding ortho intramolecular Hbond substituents is 2. The van der Waals surface area contributed by atoms with Crippen molar-refractivity contribution < 1.29 is 15.0 Å². The molecular formula is C12H14O3. The van der Waals surface area contributed by atoms with Crippen molar-refractivity contribution in [2.75, 3.05) is 0 Å². The van der Waals surface area contributed by atoms with Crippen molar-refractivity contribution in [1.82, 2.24) is 0 Å². The van der Waals surface area contributed by atoms with Crippen LogP contribution >= 0.6 is 0 Å². The van der Waals surface area contributed by atoms with E-state index >= 15 is 0 Å². The highest BCUT2D eigenvalue weighted by molar-refractivity contribution is 5.80. The number of carbonyl (C=O) groups excluding carboxylic acids is 1. The number of carbonyl (C=O) groups is 1. The van der Waals surface area contributed by atoms with Crippen LogP contribution < -0.4 is 0 Å². The summed E-state index contributed by atoms with van der Waals surface area (Å²) < 4.78 is 0. The molecule has 0 aromatic heterocycles. The van der Waals surface area contributed by atoms with Gasteiger partial charge >= 0.3 is 0 Å². The molecule has 0 atom stereocenters. The molecule has 1 aromatic rings. The quantitative estimate of drug-likeness (QED) is 0.589. The first-order valence-electron chi connectivity index (χ1n) is 4.68. The maximum atomic E-state index is 10.6. The highest BCUT2D eigenvalue weighted by Crippen LogP contribution is 2.26. The molecule has 0 aliphatic carbocycles. The maximum absolute atomic E-state index is 10.6. The topological polar surface area (TPSA) is 57.5 Å². The molecular weight excluding hydrogens is 192 g/mol. The lowest BCUT2D eigenvalue weighted by Crippen LogP contribution is -1.88. The van der Waals surface area contributed by atoms with E-state index in [9.17, 15) is 15.0 Å². The first kappa shape index (κ1) is 11.3. The standard InChI is InChI=1S/C12H14O3/c1-8(2)3-4-9-5-10(7-13)12(15)6-11(9)14/h3,5-7,14-15H,4H2,1-2H3. The van der Waals surface area contributed by atoms with Crippen LogP contribution in [0.25, 0.3) is 0 Å². The zero-order valence-corrected chi connectivity index (χ0v) is 8.82. The number of aldehydes is 1. The molecule has 15 heavy (non-hydrogen) atoms. The molecule has 0 saturated carbocycles. The average molecular weight is 206 g/mol. The van der Waals surface area contributed by atoms with Gasteiger partial charge in [0, 0.05) is 6.07 Å². The molecule has 0 aliphatic heterocycles. The van der Waals surface area contributed by atoms with E-state index in [1.54, 1.807) is 0 Å². The number of phenols is 2. The van der Waals surface area contributed by atoms with Gasteiger partial charge in [0.25, 0.3) is 0 Å². The van der Waals surface area contributed by atoms with E-state index in [4.69, 9.17) is 0 Å². The van der Waals surface area contributed by atoms with Crippen LogP contribution in [0.1, 0.15) is 29.8 Å². The van der Waals surface area contributed by atoms with E-state index in [0.717, 1.165) is 5.57 Å². The maximum Gasteiger partial charge on any atom is 0.153 e. The summed E-state index contributed by atoms with van der Waals surface area (Å²) >= 11 is 0. The predicted octanol–water partition coefficient (Wildman–Crippen LogP) is 2.42. The van der Waals surface area contributed by atoms with Gasteiger partial charge in [0.05, 0.1) is 5.56 Å². The summed E-state index contributed by atoms with van der Waals surface area (Å²) in [6.07, 6.45) is 3.07. The van der Waals surface area contributed by atoms with Crippen LogP contribution in [0.4, 0.5) is 0 Å². The fourth-order valence-corrected chi connectivity index (χ4v) is 1.21. The first-order chi connectivity index (χ1) is 7.04. The molecule has 1 aromatic carbocycles. The third kappa shape index (κ3) is 2.84. The Hall–Kier alpha value is -1.77. The molecule has 1 rings (SSSR count). The number of allylic oxidation sites excluding steroid dienone is 2. The van der Waals surface area contributed by atoms with E-state index in [1.807, 2.05) is 19.9 Å². The van der Waals surface area contributed by atoms with Crippen LogP contribution in [-0.4, -0.2) is 16.5 Å². The molecule has 0 bridgehead atoms. The number of hydrogen-bond acceptors (Lipinski definition) is 3. The Morgan fingerprint density at radius 3 is 2.47 bits per heavy atom. The van der Waals surface area contributed by atoms with E-state index in [0.29, 0.717) is 18.3 Å². The normalized spacial score (nSPS) is 9.73. The Morgan fingerprint density at radius 1 is 1.27 bits per heavy atom. The van der Waals surface area contributed by atoms with Crippen LogP contribution in [-0.2, 0) is 6.42 Å². The molecule has 0 fully saturated rings. The van der Waals surface area contributed by atoms with Crippen LogP contribution in [0, 0.1) is 0 Å². The predicted molar refractivity (Wildman–Crippen MR) is 58.3 cm³/mol. The van der Waals surface area contributed by atoms with Crippen molar-refractivity contribution in [2.24, 2.45) is 0 Å². The molecule has 0 unspecified atom stereocenters. The number of benzene rings is 1. The molecule has 0 saturated heterocycles. The highest BCUT2D eigenvalue weighted by atomic mass is 16.3. The van der Waals surface area contributed by atoms with Crippen LogP contribution in [0.2, 0.25) is 0 Å². The SMILES string of the molecule is CC(C)=CCc1cc(C=O)c(O)cc1O. The van der Waals surface area contributed by atoms with E-state index in [1.165, 1.54) is 12.1 Å². The van der Waals surface area contributed by atoms with Gasteiger partial charge in [-0.25, -0.2) is 0 Å². The van der Waals surface area contributed by atoms with Crippen molar-refractivity contribution in [2.45, 2.75) is 20.3 Å². The molecule has 80 valence electrons. The Bertz CT molecular complexity index is 402. The molecule has 0 amide bonds. The van der Waals surface area contributed by atoms with E-state index in [-0.39, 0.29) is 17.1 Å². The molecule has 3 nitrogen and oxygen atoms in total. The van der Waals surface area contributed by atoms with Crippen LogP contribution in [0.3, 0.4) is 0 Å². The molecule has 0 spiro atoms. The molecule has 3 heteroatoms. The minimum Gasteiger partial charge on any atom is -0.508 e. The first-order valence-corrected chi connectivity index (χ1v) is 4.68. The third-order valence-electron chi connectivity index (χ3n) is 2.09. The summed E-state index contributed by atoms with van der Waals surface area (Å²) in [5.74, 6) is -0.181. The van der Waals surface area contributed by atoms with Gasteiger partial charge in [0.15, 0.2) is 6.29 Å². The number of aromatic hydroxyl groups is 2. The second-order valence-corrected chi connectivity index (χ2v) is 3.64. The van der Waals surface area contributed by atoms with Gasteiger partial charge in [-0.2, -0.15) is 0 Å². The summed E-state index contributed by atoms with van der Waals surface area (Å²) in [4.78, 5) is 10.6. The lowest BCUT2D eigenvalue weighted by molar-refractivity contribution is 0.112. The zero-order chi connectivity index (χ0) is 11.4.